The summed E-state index contributed by atoms with van der Waals surface area (Å²) in [6.07, 6.45) is 1.57. The van der Waals surface area contributed by atoms with Crippen molar-refractivity contribution in [1.82, 2.24) is 4.98 Å². The minimum absolute atomic E-state index is 0.469. The normalized spacial score (nSPS) is 18.0. The number of aliphatic carboxylic acids is 1. The molecule has 0 saturated carbocycles. The maximum absolute atomic E-state index is 11.7. The van der Waals surface area contributed by atoms with Crippen LogP contribution >= 0.6 is 0 Å². The zero-order valence-electron chi connectivity index (χ0n) is 11.2. The summed E-state index contributed by atoms with van der Waals surface area (Å²) in [5.74, 6) is -0.740. The molecule has 4 nitrogen and oxygen atoms in total. The monoisotopic (exact) mass is 271 g/mol. The molecule has 1 N–H and O–H groups in total. The van der Waals surface area contributed by atoms with Crippen LogP contribution in [0.2, 0.25) is 0 Å². The highest BCUT2D eigenvalue weighted by atomic mass is 16.5. The number of carboxylic acid groups (broad SMARTS) is 1. The van der Waals surface area contributed by atoms with E-state index in [0.29, 0.717) is 32.5 Å². The second-order valence-corrected chi connectivity index (χ2v) is 5.37. The van der Waals surface area contributed by atoms with Gasteiger partial charge in [0.25, 0.3) is 0 Å². The number of aromatic nitrogens is 1. The van der Waals surface area contributed by atoms with Gasteiger partial charge in [-0.05, 0) is 25.0 Å². The van der Waals surface area contributed by atoms with Crippen molar-refractivity contribution in [2.75, 3.05) is 13.2 Å². The van der Waals surface area contributed by atoms with Gasteiger partial charge in [-0.15, -0.1) is 0 Å². The molecule has 1 aliphatic heterocycles. The van der Waals surface area contributed by atoms with Crippen LogP contribution in [0.3, 0.4) is 0 Å². The molecule has 1 fully saturated rings. The van der Waals surface area contributed by atoms with Crippen molar-refractivity contribution >= 4 is 16.9 Å². The molecule has 2 heterocycles. The third kappa shape index (κ3) is 2.39. The Bertz CT molecular complexity index is 632. The van der Waals surface area contributed by atoms with E-state index < -0.39 is 11.4 Å². The quantitative estimate of drug-likeness (QED) is 0.932. The van der Waals surface area contributed by atoms with Crippen molar-refractivity contribution in [3.05, 3.63) is 42.1 Å². The first-order chi connectivity index (χ1) is 9.70. The number of fused-ring (bicyclic) bond motifs is 1. The summed E-state index contributed by atoms with van der Waals surface area (Å²) >= 11 is 0. The summed E-state index contributed by atoms with van der Waals surface area (Å²) in [7, 11) is 0. The van der Waals surface area contributed by atoms with Crippen LogP contribution in [-0.4, -0.2) is 29.3 Å². The maximum atomic E-state index is 11.7. The summed E-state index contributed by atoms with van der Waals surface area (Å²) in [4.78, 5) is 16.3. The van der Waals surface area contributed by atoms with Gasteiger partial charge in [-0.25, -0.2) is 0 Å². The van der Waals surface area contributed by atoms with Crippen LogP contribution in [0.25, 0.3) is 10.9 Å². The predicted octanol–water partition coefficient (Wildman–Crippen LogP) is 2.66. The van der Waals surface area contributed by atoms with Gasteiger partial charge in [0.2, 0.25) is 0 Å². The van der Waals surface area contributed by atoms with Gasteiger partial charge in [0.05, 0.1) is 10.9 Å². The SMILES string of the molecule is O=C(O)C1(Cc2ccc3ccccc3n2)CCOCC1. The van der Waals surface area contributed by atoms with Crippen molar-refractivity contribution in [3.8, 4) is 0 Å². The molecular weight excluding hydrogens is 254 g/mol. The average molecular weight is 271 g/mol. The van der Waals surface area contributed by atoms with Crippen LogP contribution in [-0.2, 0) is 16.0 Å². The molecule has 3 rings (SSSR count). The first-order valence-electron chi connectivity index (χ1n) is 6.85. The molecule has 1 aromatic carbocycles. The highest BCUT2D eigenvalue weighted by Gasteiger charge is 2.40. The average Bonchev–Trinajstić information content (AvgIpc) is 2.48. The summed E-state index contributed by atoms with van der Waals surface area (Å²) in [5.41, 5.74) is 1.03. The topological polar surface area (TPSA) is 59.4 Å². The molecular formula is C16H17NO3. The fraction of sp³-hybridized carbons (Fsp3) is 0.375. The Hall–Kier alpha value is -1.94. The van der Waals surface area contributed by atoms with Gasteiger partial charge >= 0.3 is 5.97 Å². The first kappa shape index (κ1) is 13.1. The summed E-state index contributed by atoms with van der Waals surface area (Å²) in [6, 6.07) is 11.8. The van der Waals surface area contributed by atoms with Crippen molar-refractivity contribution in [2.24, 2.45) is 5.41 Å². The Balaban J connectivity index is 1.92. The smallest absolute Gasteiger partial charge is 0.310 e. The predicted molar refractivity (Wildman–Crippen MR) is 75.6 cm³/mol. The third-order valence-electron chi connectivity index (χ3n) is 4.08. The number of hydrogen-bond acceptors (Lipinski definition) is 3. The van der Waals surface area contributed by atoms with E-state index in [9.17, 15) is 9.90 Å². The highest BCUT2D eigenvalue weighted by molar-refractivity contribution is 5.79. The molecule has 2 aromatic rings. The number of para-hydroxylation sites is 1. The highest BCUT2D eigenvalue weighted by Crippen LogP contribution is 2.34. The number of benzene rings is 1. The zero-order valence-corrected chi connectivity index (χ0v) is 11.2. The zero-order chi connectivity index (χ0) is 14.0. The number of ether oxygens (including phenoxy) is 1. The summed E-state index contributed by atoms with van der Waals surface area (Å²) in [5, 5.41) is 10.7. The molecule has 1 saturated heterocycles. The standard InChI is InChI=1S/C16H17NO3/c18-15(19)16(7-9-20-10-8-16)11-13-6-5-12-3-1-2-4-14(12)17-13/h1-6H,7-11H2,(H,18,19). The Morgan fingerprint density at radius 3 is 2.70 bits per heavy atom. The number of nitrogens with zero attached hydrogens (tertiary/aromatic N) is 1. The molecule has 0 unspecified atom stereocenters. The van der Waals surface area contributed by atoms with E-state index in [0.717, 1.165) is 16.6 Å². The lowest BCUT2D eigenvalue weighted by Crippen LogP contribution is -2.39. The number of hydrogen-bond donors (Lipinski definition) is 1. The molecule has 0 bridgehead atoms. The van der Waals surface area contributed by atoms with Crippen LogP contribution in [0.1, 0.15) is 18.5 Å². The van der Waals surface area contributed by atoms with Crippen molar-refractivity contribution in [2.45, 2.75) is 19.3 Å². The van der Waals surface area contributed by atoms with E-state index >= 15 is 0 Å². The summed E-state index contributed by atoms with van der Waals surface area (Å²) in [6.45, 7) is 1.03. The molecule has 4 heteroatoms. The van der Waals surface area contributed by atoms with E-state index in [2.05, 4.69) is 4.98 Å². The van der Waals surface area contributed by atoms with Gasteiger partial charge in [-0.3, -0.25) is 9.78 Å². The van der Waals surface area contributed by atoms with E-state index in [4.69, 9.17) is 4.74 Å². The molecule has 20 heavy (non-hydrogen) atoms. The van der Waals surface area contributed by atoms with Crippen molar-refractivity contribution in [1.29, 1.82) is 0 Å². The van der Waals surface area contributed by atoms with Crippen LogP contribution in [0.4, 0.5) is 0 Å². The van der Waals surface area contributed by atoms with Gasteiger partial charge in [0.15, 0.2) is 0 Å². The largest absolute Gasteiger partial charge is 0.481 e. The first-order valence-corrected chi connectivity index (χ1v) is 6.85. The lowest BCUT2D eigenvalue weighted by atomic mass is 9.76. The van der Waals surface area contributed by atoms with E-state index in [1.54, 1.807) is 0 Å². The molecule has 1 aliphatic rings. The minimum atomic E-state index is -0.740. The molecule has 1 aromatic heterocycles. The third-order valence-corrected chi connectivity index (χ3v) is 4.08. The number of rotatable bonds is 3. The molecule has 104 valence electrons. The second-order valence-electron chi connectivity index (χ2n) is 5.37. The summed E-state index contributed by atoms with van der Waals surface area (Å²) < 4.78 is 5.30. The Kier molecular flexibility index (Phi) is 3.40. The van der Waals surface area contributed by atoms with E-state index in [1.165, 1.54) is 0 Å². The van der Waals surface area contributed by atoms with Gasteiger partial charge in [-0.1, -0.05) is 24.3 Å². The fourth-order valence-electron chi connectivity index (χ4n) is 2.78. The molecule has 0 spiro atoms. The minimum Gasteiger partial charge on any atom is -0.481 e. The Labute approximate surface area is 117 Å². The lowest BCUT2D eigenvalue weighted by Gasteiger charge is -2.32. The fourth-order valence-corrected chi connectivity index (χ4v) is 2.78. The second kappa shape index (κ2) is 5.21. The molecule has 0 aliphatic carbocycles. The Morgan fingerprint density at radius 2 is 1.95 bits per heavy atom. The van der Waals surface area contributed by atoms with Gasteiger partial charge in [-0.2, -0.15) is 0 Å². The molecule has 0 amide bonds. The van der Waals surface area contributed by atoms with Crippen molar-refractivity contribution in [3.63, 3.8) is 0 Å². The van der Waals surface area contributed by atoms with Crippen LogP contribution in [0, 0.1) is 5.41 Å². The van der Waals surface area contributed by atoms with E-state index in [1.807, 2.05) is 36.4 Å². The van der Waals surface area contributed by atoms with Crippen LogP contribution in [0.5, 0.6) is 0 Å². The lowest BCUT2D eigenvalue weighted by molar-refractivity contribution is -0.154. The van der Waals surface area contributed by atoms with Gasteiger partial charge < -0.3 is 9.84 Å². The number of carboxylic acids is 1. The van der Waals surface area contributed by atoms with Crippen LogP contribution < -0.4 is 0 Å². The maximum Gasteiger partial charge on any atom is 0.310 e. The Morgan fingerprint density at radius 1 is 1.20 bits per heavy atom. The van der Waals surface area contributed by atoms with Gasteiger partial charge in [0, 0.05) is 30.7 Å². The molecule has 0 atom stereocenters. The van der Waals surface area contributed by atoms with Crippen molar-refractivity contribution < 1.29 is 14.6 Å². The molecule has 0 radical (unpaired) electrons. The number of pyridine rings is 1. The van der Waals surface area contributed by atoms with Gasteiger partial charge in [0.1, 0.15) is 0 Å². The van der Waals surface area contributed by atoms with Crippen LogP contribution in [0.15, 0.2) is 36.4 Å². The van der Waals surface area contributed by atoms with E-state index in [-0.39, 0.29) is 0 Å². The number of carbonyl (C=O) groups is 1.